The summed E-state index contributed by atoms with van der Waals surface area (Å²) in [6.45, 7) is 7.03. The van der Waals surface area contributed by atoms with Gasteiger partial charge in [-0.05, 0) is 38.1 Å². The van der Waals surface area contributed by atoms with Crippen LogP contribution in [0.1, 0.15) is 29.3 Å². The molecule has 30 heavy (non-hydrogen) atoms. The van der Waals surface area contributed by atoms with Crippen LogP contribution in [0.3, 0.4) is 0 Å². The Balaban J connectivity index is 1.85. The van der Waals surface area contributed by atoms with Crippen molar-refractivity contribution in [2.75, 3.05) is 0 Å². The van der Waals surface area contributed by atoms with Crippen molar-refractivity contribution in [3.05, 3.63) is 83.6 Å². The van der Waals surface area contributed by atoms with Gasteiger partial charge in [0.2, 0.25) is 0 Å². The highest BCUT2D eigenvalue weighted by molar-refractivity contribution is 7.89. The molecule has 0 saturated heterocycles. The van der Waals surface area contributed by atoms with E-state index in [0.29, 0.717) is 11.3 Å². The number of carbonyl (C=O) groups excluding carboxylic acids is 2. The number of carbonyl (C=O) groups is 2. The third kappa shape index (κ3) is 3.25. The summed E-state index contributed by atoms with van der Waals surface area (Å²) in [5, 5.41) is 0. The highest BCUT2D eigenvalue weighted by Gasteiger charge is 2.43. The molecule has 0 fully saturated rings. The fourth-order valence-electron chi connectivity index (χ4n) is 3.73. The topological polar surface area (TPSA) is 80.8 Å². The van der Waals surface area contributed by atoms with E-state index in [-0.39, 0.29) is 34.0 Å². The van der Waals surface area contributed by atoms with Gasteiger partial charge in [0.1, 0.15) is 11.9 Å². The van der Waals surface area contributed by atoms with Crippen LogP contribution in [-0.2, 0) is 14.8 Å². The van der Waals surface area contributed by atoms with E-state index in [0.717, 1.165) is 9.87 Å². The summed E-state index contributed by atoms with van der Waals surface area (Å²) >= 11 is 0. The average Bonchev–Trinajstić information content (AvgIpc) is 2.73. The third-order valence-corrected chi connectivity index (χ3v) is 7.25. The van der Waals surface area contributed by atoms with E-state index in [9.17, 15) is 18.0 Å². The molecule has 0 amide bonds. The molecule has 0 bridgehead atoms. The molecule has 0 aliphatic carbocycles. The lowest BCUT2D eigenvalue weighted by atomic mass is 9.87. The maximum atomic E-state index is 13.4. The van der Waals surface area contributed by atoms with Crippen LogP contribution >= 0.6 is 0 Å². The Hall–Kier alpha value is -3.19. The molecular formula is C23H21NO5S. The first-order chi connectivity index (χ1) is 14.2. The molecule has 0 radical (unpaired) electrons. The number of aryl methyl sites for hydroxylation is 1. The second-order valence-corrected chi connectivity index (χ2v) is 9.34. The number of rotatable bonds is 4. The van der Waals surface area contributed by atoms with E-state index < -0.39 is 22.2 Å². The number of nitrogens with zero attached hydrogens (tertiary/aromatic N) is 1. The number of para-hydroxylation sites is 1. The summed E-state index contributed by atoms with van der Waals surface area (Å²) < 4.78 is 34.0. The molecule has 4 rings (SSSR count). The largest absolute Gasteiger partial charge is 0.485 e. The monoisotopic (exact) mass is 423 g/mol. The van der Waals surface area contributed by atoms with Gasteiger partial charge in [-0.2, -0.15) is 0 Å². The van der Waals surface area contributed by atoms with Gasteiger partial charge in [0.25, 0.3) is 10.0 Å². The van der Waals surface area contributed by atoms with E-state index in [2.05, 4.69) is 6.58 Å². The van der Waals surface area contributed by atoms with E-state index >= 15 is 0 Å². The van der Waals surface area contributed by atoms with Crippen molar-refractivity contribution >= 4 is 21.6 Å². The van der Waals surface area contributed by atoms with E-state index in [1.54, 1.807) is 36.4 Å². The Bertz CT molecular complexity index is 1190. The molecule has 2 aliphatic heterocycles. The molecule has 6 nitrogen and oxygen atoms in total. The molecule has 154 valence electrons. The summed E-state index contributed by atoms with van der Waals surface area (Å²) in [4.78, 5) is 25.2. The average molecular weight is 423 g/mol. The van der Waals surface area contributed by atoms with Crippen molar-refractivity contribution in [3.8, 4) is 5.75 Å². The van der Waals surface area contributed by atoms with Crippen molar-refractivity contribution in [1.29, 1.82) is 0 Å². The Morgan fingerprint density at radius 1 is 1.13 bits per heavy atom. The maximum Gasteiger partial charge on any atom is 0.264 e. The highest BCUT2D eigenvalue weighted by atomic mass is 32.2. The van der Waals surface area contributed by atoms with Gasteiger partial charge < -0.3 is 4.74 Å². The Morgan fingerprint density at radius 3 is 2.47 bits per heavy atom. The smallest absolute Gasteiger partial charge is 0.264 e. The Kier molecular flexibility index (Phi) is 4.86. The Labute approximate surface area is 175 Å². The maximum absolute atomic E-state index is 13.4. The van der Waals surface area contributed by atoms with Gasteiger partial charge in [-0.15, -0.1) is 0 Å². The number of benzene rings is 2. The summed E-state index contributed by atoms with van der Waals surface area (Å²) in [6.07, 6.45) is 0.772. The number of hydrogen-bond donors (Lipinski definition) is 0. The molecule has 2 atom stereocenters. The van der Waals surface area contributed by atoms with Gasteiger partial charge >= 0.3 is 0 Å². The lowest BCUT2D eigenvalue weighted by molar-refractivity contribution is -0.114. The minimum absolute atomic E-state index is 0.0781. The van der Waals surface area contributed by atoms with Crippen LogP contribution in [-0.4, -0.2) is 36.4 Å². The van der Waals surface area contributed by atoms with Gasteiger partial charge in [-0.25, -0.2) is 8.42 Å². The van der Waals surface area contributed by atoms with Crippen molar-refractivity contribution < 1.29 is 22.7 Å². The number of sulfonamides is 1. The van der Waals surface area contributed by atoms with E-state index in [1.807, 2.05) is 6.92 Å². The molecule has 2 aromatic carbocycles. The number of fused-ring (bicyclic) bond motifs is 2. The molecule has 0 saturated carbocycles. The third-order valence-electron chi connectivity index (χ3n) is 5.47. The number of ether oxygens (including phenoxy) is 1. The van der Waals surface area contributed by atoms with Gasteiger partial charge in [0.15, 0.2) is 11.6 Å². The van der Waals surface area contributed by atoms with Crippen LogP contribution in [0.15, 0.2) is 77.4 Å². The SMILES string of the molecule is C=C(C(C)=O)[C@H]1C[C@@H]2Oc3ccccc3C(=O)C2=CN1S(=O)(=O)c1ccc(C)cc1. The molecule has 2 aromatic rings. The lowest BCUT2D eigenvalue weighted by Gasteiger charge is -2.40. The van der Waals surface area contributed by atoms with Gasteiger partial charge in [0.05, 0.1) is 22.1 Å². The minimum Gasteiger partial charge on any atom is -0.485 e. The first-order valence-electron chi connectivity index (χ1n) is 9.52. The van der Waals surface area contributed by atoms with Crippen LogP contribution in [0.2, 0.25) is 0 Å². The molecule has 0 N–H and O–H groups in total. The fourth-order valence-corrected chi connectivity index (χ4v) is 5.25. The first kappa shape index (κ1) is 20.1. The standard InChI is InChI=1S/C23H21NO5S/c1-14-8-10-17(11-9-14)30(27,28)24-13-19-22(12-20(24)15(2)16(3)25)29-21-7-5-4-6-18(21)23(19)26/h4-11,13,20,22H,2,12H2,1,3H3/t20-,22+/m1/s1. The number of Topliss-reactive ketones (excluding diaryl/α,β-unsaturated/α-hetero) is 2. The zero-order valence-electron chi connectivity index (χ0n) is 16.7. The van der Waals surface area contributed by atoms with Gasteiger partial charge in [-0.3, -0.25) is 13.9 Å². The van der Waals surface area contributed by atoms with Gasteiger partial charge in [0, 0.05) is 18.2 Å². The number of hydrogen-bond acceptors (Lipinski definition) is 5. The summed E-state index contributed by atoms with van der Waals surface area (Å²) in [5.74, 6) is -0.145. The van der Waals surface area contributed by atoms with Crippen molar-refractivity contribution in [1.82, 2.24) is 4.31 Å². The minimum atomic E-state index is -4.02. The fraction of sp³-hybridized carbons (Fsp3) is 0.217. The zero-order chi connectivity index (χ0) is 21.6. The van der Waals surface area contributed by atoms with E-state index in [4.69, 9.17) is 4.74 Å². The van der Waals surface area contributed by atoms with Crippen LogP contribution in [0.4, 0.5) is 0 Å². The summed E-state index contributed by atoms with van der Waals surface area (Å²) in [6, 6.07) is 12.4. The van der Waals surface area contributed by atoms with Crippen LogP contribution in [0, 0.1) is 6.92 Å². The van der Waals surface area contributed by atoms with Crippen LogP contribution in [0.5, 0.6) is 5.75 Å². The van der Waals surface area contributed by atoms with Crippen molar-refractivity contribution in [2.45, 2.75) is 37.3 Å². The molecule has 0 spiro atoms. The first-order valence-corrected chi connectivity index (χ1v) is 11.0. The molecular weight excluding hydrogens is 402 g/mol. The second-order valence-electron chi connectivity index (χ2n) is 7.50. The highest BCUT2D eigenvalue weighted by Crippen LogP contribution is 2.39. The van der Waals surface area contributed by atoms with Gasteiger partial charge in [-0.1, -0.05) is 36.4 Å². The summed E-state index contributed by atoms with van der Waals surface area (Å²) in [7, 11) is -4.02. The zero-order valence-corrected chi connectivity index (χ0v) is 17.5. The predicted octanol–water partition coefficient (Wildman–Crippen LogP) is 3.43. The molecule has 0 unspecified atom stereocenters. The lowest BCUT2D eigenvalue weighted by Crippen LogP contribution is -2.48. The molecule has 0 aromatic heterocycles. The predicted molar refractivity (Wildman–Crippen MR) is 112 cm³/mol. The quantitative estimate of drug-likeness (QED) is 0.704. The number of ketones is 2. The molecule has 2 heterocycles. The van der Waals surface area contributed by atoms with Crippen molar-refractivity contribution in [2.24, 2.45) is 0 Å². The Morgan fingerprint density at radius 2 is 1.80 bits per heavy atom. The molecule has 2 aliphatic rings. The van der Waals surface area contributed by atoms with Crippen LogP contribution < -0.4 is 4.74 Å². The second kappa shape index (κ2) is 7.25. The van der Waals surface area contributed by atoms with Crippen molar-refractivity contribution in [3.63, 3.8) is 0 Å². The van der Waals surface area contributed by atoms with E-state index in [1.165, 1.54) is 25.3 Å². The molecule has 7 heteroatoms. The summed E-state index contributed by atoms with van der Waals surface area (Å²) in [5.41, 5.74) is 1.70. The normalized spacial score (nSPS) is 20.5. The van der Waals surface area contributed by atoms with Crippen LogP contribution in [0.25, 0.3) is 0 Å².